The van der Waals surface area contributed by atoms with Crippen molar-refractivity contribution in [2.45, 2.75) is 32.8 Å². The molecule has 31 heavy (non-hydrogen) atoms. The Balaban J connectivity index is 1.40. The van der Waals surface area contributed by atoms with Gasteiger partial charge in [0.1, 0.15) is 12.4 Å². The molecule has 3 aromatic rings. The van der Waals surface area contributed by atoms with Crippen molar-refractivity contribution in [1.82, 2.24) is 10.3 Å². The molecule has 0 unspecified atom stereocenters. The lowest BCUT2D eigenvalue weighted by molar-refractivity contribution is -0.384. The first-order valence-electron chi connectivity index (χ1n) is 10.2. The van der Waals surface area contributed by atoms with Crippen molar-refractivity contribution in [2.24, 2.45) is 0 Å². The second kappa shape index (κ2) is 10.9. The van der Waals surface area contributed by atoms with Crippen LogP contribution in [0.15, 0.2) is 66.9 Å². The van der Waals surface area contributed by atoms with Crippen molar-refractivity contribution in [3.05, 3.63) is 99.4 Å². The predicted octanol–water partition coefficient (Wildman–Crippen LogP) is 4.63. The van der Waals surface area contributed by atoms with E-state index >= 15 is 0 Å². The lowest BCUT2D eigenvalue weighted by Crippen LogP contribution is -2.24. The fourth-order valence-electron chi connectivity index (χ4n) is 3.05. The van der Waals surface area contributed by atoms with E-state index in [9.17, 15) is 14.9 Å². The highest BCUT2D eigenvalue weighted by Crippen LogP contribution is 2.14. The molecule has 0 bridgehead atoms. The zero-order chi connectivity index (χ0) is 22.1. The molecule has 2 aromatic carbocycles. The van der Waals surface area contributed by atoms with Gasteiger partial charge in [-0.15, -0.1) is 0 Å². The quantitative estimate of drug-likeness (QED) is 0.294. The van der Waals surface area contributed by atoms with Crippen LogP contribution in [0.3, 0.4) is 0 Å². The van der Waals surface area contributed by atoms with E-state index in [1.165, 1.54) is 12.1 Å². The van der Waals surface area contributed by atoms with Crippen LogP contribution in [-0.2, 0) is 13.0 Å². The number of hydrogen-bond donors (Lipinski definition) is 1. The van der Waals surface area contributed by atoms with Gasteiger partial charge in [-0.2, -0.15) is 0 Å². The van der Waals surface area contributed by atoms with Crippen LogP contribution in [0.5, 0.6) is 5.75 Å². The number of nitro benzene ring substituents is 1. The SMILES string of the molecule is Cc1ccc(OCc2cccc(C(=O)NCCCCc3ccc([N+](=O)[O-])cc3)c2)cn1. The summed E-state index contributed by atoms with van der Waals surface area (Å²) in [5.74, 6) is 0.572. The molecule has 1 heterocycles. The van der Waals surface area contributed by atoms with E-state index in [1.807, 2.05) is 37.3 Å². The normalized spacial score (nSPS) is 10.5. The maximum Gasteiger partial charge on any atom is 0.269 e. The molecule has 0 atom stereocenters. The Morgan fingerprint density at radius 3 is 2.58 bits per heavy atom. The molecule has 160 valence electrons. The third kappa shape index (κ3) is 6.92. The van der Waals surface area contributed by atoms with Crippen LogP contribution in [0, 0.1) is 17.0 Å². The van der Waals surface area contributed by atoms with Crippen molar-refractivity contribution in [1.29, 1.82) is 0 Å². The van der Waals surface area contributed by atoms with Gasteiger partial charge in [-0.25, -0.2) is 0 Å². The maximum absolute atomic E-state index is 12.4. The summed E-state index contributed by atoms with van der Waals surface area (Å²) in [6.45, 7) is 2.85. The standard InChI is InChI=1S/C24H25N3O4/c1-18-8-13-23(16-26-18)31-17-20-6-4-7-21(15-20)24(28)25-14-3-2-5-19-9-11-22(12-10-19)27(29)30/h4,6-13,15-16H,2-3,5,14,17H2,1H3,(H,25,28). The van der Waals surface area contributed by atoms with Gasteiger partial charge >= 0.3 is 0 Å². The molecule has 0 fully saturated rings. The summed E-state index contributed by atoms with van der Waals surface area (Å²) in [5.41, 5.74) is 3.58. The van der Waals surface area contributed by atoms with Gasteiger partial charge in [0.2, 0.25) is 0 Å². The number of nitrogens with one attached hydrogen (secondary N) is 1. The second-order valence-corrected chi connectivity index (χ2v) is 7.26. The summed E-state index contributed by atoms with van der Waals surface area (Å²) in [6, 6.07) is 17.7. The average Bonchev–Trinajstić information content (AvgIpc) is 2.79. The summed E-state index contributed by atoms with van der Waals surface area (Å²) in [7, 11) is 0. The number of non-ortho nitro benzene ring substituents is 1. The summed E-state index contributed by atoms with van der Waals surface area (Å²) in [5, 5.41) is 13.6. The van der Waals surface area contributed by atoms with Crippen molar-refractivity contribution >= 4 is 11.6 Å². The molecule has 0 saturated carbocycles. The van der Waals surface area contributed by atoms with Gasteiger partial charge in [0.15, 0.2) is 0 Å². The first-order chi connectivity index (χ1) is 15.0. The van der Waals surface area contributed by atoms with E-state index in [0.717, 1.165) is 36.1 Å². The first kappa shape index (κ1) is 22.0. The molecule has 0 aliphatic rings. The fraction of sp³-hybridized carbons (Fsp3) is 0.250. The largest absolute Gasteiger partial charge is 0.487 e. The molecule has 7 nitrogen and oxygen atoms in total. The number of unbranched alkanes of at least 4 members (excludes halogenated alkanes) is 1. The van der Waals surface area contributed by atoms with Crippen LogP contribution in [0.25, 0.3) is 0 Å². The number of carbonyl (C=O) groups excluding carboxylic acids is 1. The van der Waals surface area contributed by atoms with Gasteiger partial charge < -0.3 is 10.1 Å². The molecule has 1 aromatic heterocycles. The van der Waals surface area contributed by atoms with E-state index in [1.54, 1.807) is 24.4 Å². The smallest absolute Gasteiger partial charge is 0.269 e. The van der Waals surface area contributed by atoms with E-state index in [0.29, 0.717) is 24.5 Å². The van der Waals surface area contributed by atoms with Crippen LogP contribution in [0.2, 0.25) is 0 Å². The molecular weight excluding hydrogens is 394 g/mol. The Bertz CT molecular complexity index is 1020. The van der Waals surface area contributed by atoms with Crippen molar-refractivity contribution in [3.63, 3.8) is 0 Å². The van der Waals surface area contributed by atoms with Gasteiger partial charge in [0.25, 0.3) is 11.6 Å². The number of carbonyl (C=O) groups is 1. The van der Waals surface area contributed by atoms with Crippen LogP contribution in [-0.4, -0.2) is 22.4 Å². The molecular formula is C24H25N3O4. The second-order valence-electron chi connectivity index (χ2n) is 7.26. The molecule has 1 amide bonds. The number of nitro groups is 1. The van der Waals surface area contributed by atoms with Crippen molar-refractivity contribution in [2.75, 3.05) is 6.54 Å². The van der Waals surface area contributed by atoms with Crippen LogP contribution in [0.4, 0.5) is 5.69 Å². The number of nitrogens with zero attached hydrogens (tertiary/aromatic N) is 2. The van der Waals surface area contributed by atoms with Crippen LogP contribution in [0.1, 0.15) is 40.0 Å². The summed E-state index contributed by atoms with van der Waals surface area (Å²) >= 11 is 0. The molecule has 7 heteroatoms. The topological polar surface area (TPSA) is 94.4 Å². The third-order valence-corrected chi connectivity index (χ3v) is 4.80. The zero-order valence-electron chi connectivity index (χ0n) is 17.4. The number of benzene rings is 2. The van der Waals surface area contributed by atoms with E-state index < -0.39 is 4.92 Å². The number of ether oxygens (including phenoxy) is 1. The summed E-state index contributed by atoms with van der Waals surface area (Å²) in [4.78, 5) is 26.9. The molecule has 0 radical (unpaired) electrons. The molecule has 0 aliphatic carbocycles. The van der Waals surface area contributed by atoms with Gasteiger partial charge in [0.05, 0.1) is 11.1 Å². The Morgan fingerprint density at radius 2 is 1.87 bits per heavy atom. The van der Waals surface area contributed by atoms with Gasteiger partial charge in [0, 0.05) is 29.9 Å². The minimum atomic E-state index is -0.403. The average molecular weight is 419 g/mol. The number of aromatic nitrogens is 1. The van der Waals surface area contributed by atoms with Gasteiger partial charge in [-0.3, -0.25) is 19.9 Å². The molecule has 1 N–H and O–H groups in total. The van der Waals surface area contributed by atoms with Crippen molar-refractivity contribution < 1.29 is 14.5 Å². The molecule has 0 spiro atoms. The van der Waals surface area contributed by atoms with E-state index in [-0.39, 0.29) is 11.6 Å². The number of rotatable bonds is 10. The van der Waals surface area contributed by atoms with Crippen LogP contribution >= 0.6 is 0 Å². The van der Waals surface area contributed by atoms with Gasteiger partial charge in [-0.05, 0) is 61.6 Å². The fourth-order valence-corrected chi connectivity index (χ4v) is 3.05. The zero-order valence-corrected chi connectivity index (χ0v) is 17.4. The predicted molar refractivity (Wildman–Crippen MR) is 118 cm³/mol. The molecule has 0 aliphatic heterocycles. The Labute approximate surface area is 181 Å². The maximum atomic E-state index is 12.4. The monoisotopic (exact) mass is 419 g/mol. The molecule has 3 rings (SSSR count). The van der Waals surface area contributed by atoms with E-state index in [2.05, 4.69) is 10.3 Å². The third-order valence-electron chi connectivity index (χ3n) is 4.80. The Hall–Kier alpha value is -3.74. The van der Waals surface area contributed by atoms with Crippen LogP contribution < -0.4 is 10.1 Å². The lowest BCUT2D eigenvalue weighted by Gasteiger charge is -2.09. The lowest BCUT2D eigenvalue weighted by atomic mass is 10.1. The molecule has 0 saturated heterocycles. The number of pyridine rings is 1. The number of amides is 1. The highest BCUT2D eigenvalue weighted by Gasteiger charge is 2.07. The summed E-state index contributed by atoms with van der Waals surface area (Å²) in [6.07, 6.45) is 4.21. The minimum absolute atomic E-state index is 0.0965. The highest BCUT2D eigenvalue weighted by atomic mass is 16.6. The minimum Gasteiger partial charge on any atom is -0.487 e. The summed E-state index contributed by atoms with van der Waals surface area (Å²) < 4.78 is 5.73. The highest BCUT2D eigenvalue weighted by molar-refractivity contribution is 5.94. The van der Waals surface area contributed by atoms with E-state index in [4.69, 9.17) is 4.74 Å². The Morgan fingerprint density at radius 1 is 1.06 bits per heavy atom. The number of aryl methyl sites for hydroxylation is 2. The van der Waals surface area contributed by atoms with Crippen molar-refractivity contribution in [3.8, 4) is 5.75 Å². The first-order valence-corrected chi connectivity index (χ1v) is 10.2. The van der Waals surface area contributed by atoms with Gasteiger partial charge in [-0.1, -0.05) is 24.3 Å². The number of hydrogen-bond acceptors (Lipinski definition) is 5. The Kier molecular flexibility index (Phi) is 7.70.